The number of piperidine rings is 1. The highest BCUT2D eigenvalue weighted by Crippen LogP contribution is 2.31. The lowest BCUT2D eigenvalue weighted by Gasteiger charge is -2.34. The Bertz CT molecular complexity index is 953. The van der Waals surface area contributed by atoms with Gasteiger partial charge in [-0.05, 0) is 49.4 Å². The largest absolute Gasteiger partial charge is 0.396 e. The Morgan fingerprint density at radius 1 is 1.38 bits per heavy atom. The number of aryl methyl sites for hydroxylation is 1. The molecule has 0 bridgehead atoms. The number of benzene rings is 1. The van der Waals surface area contributed by atoms with Crippen LogP contribution in [0.5, 0.6) is 0 Å². The van der Waals surface area contributed by atoms with Crippen molar-refractivity contribution in [2.75, 3.05) is 24.6 Å². The molecule has 1 aromatic carbocycles. The fourth-order valence-electron chi connectivity index (χ4n) is 3.73. The number of hydrogen-bond acceptors (Lipinski definition) is 4. The fraction of sp³-hybridized carbons (Fsp3) is 0.368. The number of pyridine rings is 1. The SMILES string of the molecule is Cc1cc(N2CCC[C@H](CO)C2)n2c(nc3ccccc32)c1C#N. The standard InChI is InChI=1S/C19H20N4O/c1-13-9-18(22-8-4-5-14(11-22)12-24)23-17-7-3-2-6-16(17)21-19(23)15(13)10-20/h2-3,6-7,9,14,24H,4-5,8,11-12H2,1H3/t14-/m0/s1. The van der Waals surface area contributed by atoms with E-state index in [-0.39, 0.29) is 6.61 Å². The minimum Gasteiger partial charge on any atom is -0.396 e. The Hall–Kier alpha value is -2.58. The van der Waals surface area contributed by atoms with Crippen LogP contribution in [-0.2, 0) is 0 Å². The van der Waals surface area contributed by atoms with Crippen LogP contribution in [0.4, 0.5) is 5.82 Å². The normalized spacial score (nSPS) is 18.2. The predicted octanol–water partition coefficient (Wildman–Crippen LogP) is 2.88. The van der Waals surface area contributed by atoms with Crippen molar-refractivity contribution in [3.63, 3.8) is 0 Å². The highest BCUT2D eigenvalue weighted by Gasteiger charge is 2.23. The first kappa shape index (κ1) is 15.0. The average Bonchev–Trinajstić information content (AvgIpc) is 3.00. The van der Waals surface area contributed by atoms with Crippen LogP contribution in [0, 0.1) is 24.2 Å². The molecule has 0 radical (unpaired) electrons. The Kier molecular flexibility index (Phi) is 3.62. The van der Waals surface area contributed by atoms with Crippen LogP contribution in [-0.4, -0.2) is 34.2 Å². The smallest absolute Gasteiger partial charge is 0.157 e. The van der Waals surface area contributed by atoms with Gasteiger partial charge in [-0.25, -0.2) is 4.98 Å². The molecule has 1 N–H and O–H groups in total. The third kappa shape index (κ3) is 2.22. The molecule has 1 saturated heterocycles. The predicted molar refractivity (Wildman–Crippen MR) is 94.2 cm³/mol. The maximum Gasteiger partial charge on any atom is 0.157 e. The molecule has 0 saturated carbocycles. The van der Waals surface area contributed by atoms with Crippen LogP contribution in [0.15, 0.2) is 30.3 Å². The number of aromatic nitrogens is 2. The minimum absolute atomic E-state index is 0.222. The molecule has 1 aliphatic rings. The van der Waals surface area contributed by atoms with Gasteiger partial charge in [0.05, 0.1) is 16.6 Å². The number of fused-ring (bicyclic) bond motifs is 3. The van der Waals surface area contributed by atoms with Gasteiger partial charge in [-0.1, -0.05) is 12.1 Å². The monoisotopic (exact) mass is 320 g/mol. The molecule has 1 atom stereocenters. The van der Waals surface area contributed by atoms with E-state index in [4.69, 9.17) is 4.98 Å². The quantitative estimate of drug-likeness (QED) is 0.788. The number of rotatable bonds is 2. The maximum atomic E-state index is 9.57. The first-order chi connectivity index (χ1) is 11.7. The van der Waals surface area contributed by atoms with E-state index in [9.17, 15) is 10.4 Å². The minimum atomic E-state index is 0.222. The van der Waals surface area contributed by atoms with Gasteiger partial charge in [-0.15, -0.1) is 0 Å². The average molecular weight is 320 g/mol. The van der Waals surface area contributed by atoms with E-state index in [2.05, 4.69) is 21.4 Å². The molecule has 122 valence electrons. The van der Waals surface area contributed by atoms with Crippen molar-refractivity contribution in [1.82, 2.24) is 9.38 Å². The topological polar surface area (TPSA) is 64.6 Å². The van der Waals surface area contributed by atoms with Gasteiger partial charge in [0.2, 0.25) is 0 Å². The summed E-state index contributed by atoms with van der Waals surface area (Å²) in [6.07, 6.45) is 2.13. The highest BCUT2D eigenvalue weighted by atomic mass is 16.3. The summed E-state index contributed by atoms with van der Waals surface area (Å²) in [6.45, 7) is 3.99. The van der Waals surface area contributed by atoms with Gasteiger partial charge in [-0.2, -0.15) is 5.26 Å². The first-order valence-corrected chi connectivity index (χ1v) is 8.39. The van der Waals surface area contributed by atoms with Crippen LogP contribution in [0.25, 0.3) is 16.7 Å². The molecule has 0 aliphatic carbocycles. The van der Waals surface area contributed by atoms with Crippen molar-refractivity contribution >= 4 is 22.5 Å². The maximum absolute atomic E-state index is 9.57. The summed E-state index contributed by atoms with van der Waals surface area (Å²) in [5, 5.41) is 19.1. The number of nitriles is 1. The zero-order chi connectivity index (χ0) is 16.7. The Morgan fingerprint density at radius 3 is 3.00 bits per heavy atom. The lowest BCUT2D eigenvalue weighted by atomic mass is 9.99. The van der Waals surface area contributed by atoms with Gasteiger partial charge in [0.25, 0.3) is 0 Å². The Balaban J connectivity index is 2.00. The van der Waals surface area contributed by atoms with E-state index in [1.54, 1.807) is 0 Å². The second-order valence-corrected chi connectivity index (χ2v) is 6.57. The van der Waals surface area contributed by atoms with Crippen molar-refractivity contribution < 1.29 is 5.11 Å². The number of aliphatic hydroxyl groups is 1. The molecule has 3 heterocycles. The van der Waals surface area contributed by atoms with Crippen molar-refractivity contribution in [3.8, 4) is 6.07 Å². The van der Waals surface area contributed by atoms with Crippen LogP contribution in [0.2, 0.25) is 0 Å². The lowest BCUT2D eigenvalue weighted by Crippen LogP contribution is -2.37. The van der Waals surface area contributed by atoms with Gasteiger partial charge in [0, 0.05) is 19.7 Å². The molecule has 5 nitrogen and oxygen atoms in total. The van der Waals surface area contributed by atoms with E-state index >= 15 is 0 Å². The second-order valence-electron chi connectivity index (χ2n) is 6.57. The number of anilines is 1. The molecule has 2 aromatic heterocycles. The number of nitrogens with zero attached hydrogens (tertiary/aromatic N) is 4. The first-order valence-electron chi connectivity index (χ1n) is 8.39. The summed E-state index contributed by atoms with van der Waals surface area (Å²) in [5.74, 6) is 1.37. The lowest BCUT2D eigenvalue weighted by molar-refractivity contribution is 0.208. The molecule has 24 heavy (non-hydrogen) atoms. The van der Waals surface area contributed by atoms with Gasteiger partial charge in [0.15, 0.2) is 5.65 Å². The summed E-state index contributed by atoms with van der Waals surface area (Å²) >= 11 is 0. The van der Waals surface area contributed by atoms with Crippen LogP contribution >= 0.6 is 0 Å². The Labute approximate surface area is 140 Å². The van der Waals surface area contributed by atoms with E-state index in [0.29, 0.717) is 11.5 Å². The second kappa shape index (κ2) is 5.81. The van der Waals surface area contributed by atoms with Crippen molar-refractivity contribution in [2.45, 2.75) is 19.8 Å². The molecule has 1 aliphatic heterocycles. The molecule has 0 amide bonds. The van der Waals surface area contributed by atoms with Gasteiger partial charge in [-0.3, -0.25) is 4.40 Å². The van der Waals surface area contributed by atoms with Gasteiger partial charge < -0.3 is 10.0 Å². The number of hydrogen-bond donors (Lipinski definition) is 1. The third-order valence-corrected chi connectivity index (χ3v) is 4.97. The molecule has 0 spiro atoms. The van der Waals surface area contributed by atoms with Crippen molar-refractivity contribution in [3.05, 3.63) is 41.5 Å². The van der Waals surface area contributed by atoms with E-state index in [1.165, 1.54) is 0 Å². The summed E-state index contributed by atoms with van der Waals surface area (Å²) in [4.78, 5) is 7.03. The van der Waals surface area contributed by atoms with Gasteiger partial charge in [0.1, 0.15) is 11.9 Å². The van der Waals surface area contributed by atoms with Crippen LogP contribution < -0.4 is 4.90 Å². The molecular weight excluding hydrogens is 300 g/mol. The Morgan fingerprint density at radius 2 is 2.21 bits per heavy atom. The summed E-state index contributed by atoms with van der Waals surface area (Å²) in [5.41, 5.74) is 4.22. The van der Waals surface area contributed by atoms with Crippen LogP contribution in [0.3, 0.4) is 0 Å². The van der Waals surface area contributed by atoms with Crippen LogP contribution in [0.1, 0.15) is 24.0 Å². The summed E-state index contributed by atoms with van der Waals surface area (Å²) in [6, 6.07) is 12.4. The highest BCUT2D eigenvalue weighted by molar-refractivity contribution is 5.85. The van der Waals surface area contributed by atoms with E-state index < -0.39 is 0 Å². The van der Waals surface area contributed by atoms with E-state index in [1.807, 2.05) is 31.2 Å². The molecule has 0 unspecified atom stereocenters. The van der Waals surface area contributed by atoms with Gasteiger partial charge >= 0.3 is 0 Å². The number of aliphatic hydroxyl groups excluding tert-OH is 1. The zero-order valence-corrected chi connectivity index (χ0v) is 13.7. The van der Waals surface area contributed by atoms with Crippen molar-refractivity contribution in [1.29, 1.82) is 5.26 Å². The molecular formula is C19H20N4O. The molecule has 1 fully saturated rings. The molecule has 5 heteroatoms. The third-order valence-electron chi connectivity index (χ3n) is 4.97. The number of para-hydroxylation sites is 2. The number of imidazole rings is 1. The summed E-state index contributed by atoms with van der Waals surface area (Å²) in [7, 11) is 0. The van der Waals surface area contributed by atoms with E-state index in [0.717, 1.165) is 54.0 Å². The fourth-order valence-corrected chi connectivity index (χ4v) is 3.73. The molecule has 4 rings (SSSR count). The molecule has 3 aromatic rings. The summed E-state index contributed by atoms with van der Waals surface area (Å²) < 4.78 is 2.10. The van der Waals surface area contributed by atoms with Crippen molar-refractivity contribution in [2.24, 2.45) is 5.92 Å². The zero-order valence-electron chi connectivity index (χ0n) is 13.7.